The maximum atomic E-state index is 12.3. The van der Waals surface area contributed by atoms with Crippen LogP contribution in [0.25, 0.3) is 22.2 Å². The third kappa shape index (κ3) is 3.21. The van der Waals surface area contributed by atoms with Gasteiger partial charge in [0.1, 0.15) is 5.75 Å². The summed E-state index contributed by atoms with van der Waals surface area (Å²) >= 11 is 0. The van der Waals surface area contributed by atoms with E-state index in [4.69, 9.17) is 0 Å². The molecule has 2 aromatic heterocycles. The summed E-state index contributed by atoms with van der Waals surface area (Å²) in [7, 11) is 2.05. The summed E-state index contributed by atoms with van der Waals surface area (Å²) in [6.07, 6.45) is 2.05. The van der Waals surface area contributed by atoms with Crippen LogP contribution in [0, 0.1) is 0 Å². The summed E-state index contributed by atoms with van der Waals surface area (Å²) in [5.41, 5.74) is 3.86. The third-order valence-electron chi connectivity index (χ3n) is 5.70. The lowest BCUT2D eigenvalue weighted by atomic mass is 9.98. The van der Waals surface area contributed by atoms with Gasteiger partial charge in [0.15, 0.2) is 5.56 Å². The molecule has 1 aromatic carbocycles. The average molecular weight is 395 g/mol. The first kappa shape index (κ1) is 19.3. The van der Waals surface area contributed by atoms with Crippen molar-refractivity contribution in [3.8, 4) is 17.0 Å². The number of benzene rings is 1. The number of hydrogen-bond acceptors (Lipinski definition) is 4. The van der Waals surface area contributed by atoms with Crippen molar-refractivity contribution in [1.29, 1.82) is 0 Å². The summed E-state index contributed by atoms with van der Waals surface area (Å²) in [6, 6.07) is 6.68. The van der Waals surface area contributed by atoms with Crippen molar-refractivity contribution in [3.63, 3.8) is 0 Å². The van der Waals surface area contributed by atoms with Crippen LogP contribution in [0.5, 0.6) is 5.75 Å². The molecule has 2 heterocycles. The monoisotopic (exact) mass is 395 g/mol. The Kier molecular flexibility index (Phi) is 4.70. The zero-order valence-corrected chi connectivity index (χ0v) is 16.8. The van der Waals surface area contributed by atoms with Crippen LogP contribution in [0.4, 0.5) is 0 Å². The molecule has 0 atom stereocenters. The predicted octanol–water partition coefficient (Wildman–Crippen LogP) is 2.92. The second kappa shape index (κ2) is 7.08. The highest BCUT2D eigenvalue weighted by atomic mass is 16.4. The highest BCUT2D eigenvalue weighted by molar-refractivity contribution is 5.93. The number of carboxylic acids is 1. The number of H-pyrrole nitrogens is 1. The van der Waals surface area contributed by atoms with Crippen molar-refractivity contribution >= 4 is 16.9 Å². The van der Waals surface area contributed by atoms with Gasteiger partial charge in [-0.2, -0.15) is 0 Å². The zero-order chi connectivity index (χ0) is 20.9. The number of hydrogen-bond donors (Lipinski definition) is 4. The normalized spacial score (nSPS) is 13.4. The van der Waals surface area contributed by atoms with Crippen molar-refractivity contribution in [2.75, 3.05) is 0 Å². The molecule has 0 spiro atoms. The van der Waals surface area contributed by atoms with E-state index in [9.17, 15) is 19.8 Å². The van der Waals surface area contributed by atoms with Crippen LogP contribution in [-0.4, -0.2) is 31.8 Å². The summed E-state index contributed by atoms with van der Waals surface area (Å²) in [6.45, 7) is 4.97. The van der Waals surface area contributed by atoms with Gasteiger partial charge in [-0.1, -0.05) is 13.8 Å². The maximum Gasteiger partial charge on any atom is 0.345 e. The number of fused-ring (bicyclic) bond motifs is 4. The molecule has 1 aliphatic rings. The molecular weight excluding hydrogens is 370 g/mol. The van der Waals surface area contributed by atoms with Crippen LogP contribution < -0.4 is 10.9 Å². The van der Waals surface area contributed by atoms with Gasteiger partial charge < -0.3 is 25.1 Å². The number of pyridine rings is 1. The number of aryl methyl sites for hydroxylation is 2. The molecule has 7 nitrogen and oxygen atoms in total. The second-order valence-electron chi connectivity index (χ2n) is 7.99. The van der Waals surface area contributed by atoms with Crippen LogP contribution in [-0.2, 0) is 26.4 Å². The van der Waals surface area contributed by atoms with Gasteiger partial charge in [-0.25, -0.2) is 4.79 Å². The van der Waals surface area contributed by atoms with Gasteiger partial charge in [0.25, 0.3) is 5.56 Å². The first-order chi connectivity index (χ1) is 13.8. The topological polar surface area (TPSA) is 107 Å². The minimum Gasteiger partial charge on any atom is -0.506 e. The number of nitrogens with zero attached hydrogens (tertiary/aromatic N) is 1. The number of aromatic carboxylic acids is 1. The van der Waals surface area contributed by atoms with Gasteiger partial charge in [0.2, 0.25) is 0 Å². The van der Waals surface area contributed by atoms with Gasteiger partial charge in [-0.3, -0.25) is 4.79 Å². The van der Waals surface area contributed by atoms with Gasteiger partial charge in [-0.05, 0) is 43.0 Å². The summed E-state index contributed by atoms with van der Waals surface area (Å²) in [4.78, 5) is 26.5. The SMILES string of the molecule is CC(C)NCc1cc2cc3c(cc2n1C)CCCc1c-3[nH]c(=O)c(C(=O)O)c1O. The molecule has 7 heteroatoms. The van der Waals surface area contributed by atoms with Gasteiger partial charge in [0.05, 0.1) is 5.69 Å². The van der Waals surface area contributed by atoms with Crippen LogP contribution in [0.3, 0.4) is 0 Å². The van der Waals surface area contributed by atoms with Crippen molar-refractivity contribution < 1.29 is 15.0 Å². The number of carboxylic acid groups (broad SMARTS) is 1. The molecule has 0 saturated heterocycles. The van der Waals surface area contributed by atoms with E-state index in [1.807, 2.05) is 13.1 Å². The molecular formula is C22H25N3O4. The van der Waals surface area contributed by atoms with Crippen LogP contribution in [0.2, 0.25) is 0 Å². The predicted molar refractivity (Wildman–Crippen MR) is 112 cm³/mol. The minimum absolute atomic E-state index is 0.382. The molecule has 0 fully saturated rings. The second-order valence-corrected chi connectivity index (χ2v) is 7.99. The van der Waals surface area contributed by atoms with Crippen LogP contribution in [0.15, 0.2) is 23.0 Å². The molecule has 0 aliphatic heterocycles. The molecule has 0 radical (unpaired) electrons. The number of aromatic amines is 1. The number of aromatic hydroxyl groups is 1. The number of rotatable bonds is 4. The van der Waals surface area contributed by atoms with Gasteiger partial charge >= 0.3 is 5.97 Å². The number of nitrogens with one attached hydrogen (secondary N) is 2. The Labute approximate surface area is 168 Å². The Morgan fingerprint density at radius 2 is 2.03 bits per heavy atom. The molecule has 3 aromatic rings. The molecule has 0 unspecified atom stereocenters. The smallest absolute Gasteiger partial charge is 0.345 e. The van der Waals surface area contributed by atoms with Crippen molar-refractivity contribution in [2.45, 2.75) is 45.7 Å². The fraction of sp³-hybridized carbons (Fsp3) is 0.364. The van der Waals surface area contributed by atoms with E-state index in [0.29, 0.717) is 23.7 Å². The van der Waals surface area contributed by atoms with E-state index >= 15 is 0 Å². The lowest BCUT2D eigenvalue weighted by Gasteiger charge is -2.13. The Morgan fingerprint density at radius 1 is 1.28 bits per heavy atom. The molecule has 1 aliphatic carbocycles. The molecule has 4 rings (SSSR count). The van der Waals surface area contributed by atoms with E-state index < -0.39 is 22.8 Å². The first-order valence-electron chi connectivity index (χ1n) is 9.84. The van der Waals surface area contributed by atoms with E-state index in [-0.39, 0.29) is 0 Å². The van der Waals surface area contributed by atoms with Crippen molar-refractivity contribution in [2.24, 2.45) is 7.05 Å². The van der Waals surface area contributed by atoms with Crippen molar-refractivity contribution in [1.82, 2.24) is 14.9 Å². The average Bonchev–Trinajstić information content (AvgIpc) is 2.83. The Balaban J connectivity index is 1.92. The lowest BCUT2D eigenvalue weighted by molar-refractivity contribution is 0.0691. The van der Waals surface area contributed by atoms with Crippen LogP contribution in [0.1, 0.15) is 47.4 Å². The van der Waals surface area contributed by atoms with E-state index in [1.54, 1.807) is 0 Å². The number of carbonyl (C=O) groups is 1. The Bertz CT molecular complexity index is 1190. The first-order valence-corrected chi connectivity index (χ1v) is 9.84. The molecule has 4 N–H and O–H groups in total. The zero-order valence-electron chi connectivity index (χ0n) is 16.8. The molecule has 0 amide bonds. The highest BCUT2D eigenvalue weighted by Gasteiger charge is 2.26. The minimum atomic E-state index is -1.42. The van der Waals surface area contributed by atoms with Gasteiger partial charge in [0, 0.05) is 47.4 Å². The highest BCUT2D eigenvalue weighted by Crippen LogP contribution is 2.38. The van der Waals surface area contributed by atoms with Crippen LogP contribution >= 0.6 is 0 Å². The Hall–Kier alpha value is -3.06. The standard InChI is InChI=1S/C22H25N3O4/c1-11(2)23-10-14-7-13-8-16-12(9-17(13)25(14)3)5-4-6-15-19(16)24-21(27)18(20(15)26)22(28)29/h7-9,11,23H,4-6,10H2,1-3H3,(H,28,29)(H2,24,26,27). The van der Waals surface area contributed by atoms with Gasteiger partial charge in [-0.15, -0.1) is 0 Å². The summed E-state index contributed by atoms with van der Waals surface area (Å²) in [5, 5.41) is 24.3. The van der Waals surface area contributed by atoms with Crippen molar-refractivity contribution in [3.05, 3.63) is 50.9 Å². The fourth-order valence-electron chi connectivity index (χ4n) is 4.16. The fourth-order valence-corrected chi connectivity index (χ4v) is 4.16. The number of aromatic nitrogens is 2. The third-order valence-corrected chi connectivity index (χ3v) is 5.70. The summed E-state index contributed by atoms with van der Waals surface area (Å²) < 4.78 is 2.17. The largest absolute Gasteiger partial charge is 0.506 e. The maximum absolute atomic E-state index is 12.3. The van der Waals surface area contributed by atoms with E-state index in [0.717, 1.165) is 47.1 Å². The van der Waals surface area contributed by atoms with E-state index in [1.165, 1.54) is 0 Å². The van der Waals surface area contributed by atoms with E-state index in [2.05, 4.69) is 40.8 Å². The summed E-state index contributed by atoms with van der Waals surface area (Å²) in [5.74, 6) is -1.84. The molecule has 152 valence electrons. The molecule has 29 heavy (non-hydrogen) atoms. The molecule has 0 saturated carbocycles. The lowest BCUT2D eigenvalue weighted by Crippen LogP contribution is -2.22. The Morgan fingerprint density at radius 3 is 2.72 bits per heavy atom. The molecule has 0 bridgehead atoms. The quantitative estimate of drug-likeness (QED) is 0.543.